The van der Waals surface area contributed by atoms with E-state index in [-0.39, 0.29) is 12.8 Å². The number of hydrogen-bond donors (Lipinski definition) is 0. The molecule has 2 unspecified atom stereocenters. The molecule has 13 heteroatoms. The summed E-state index contributed by atoms with van der Waals surface area (Å²) < 4.78 is 149. The van der Waals surface area contributed by atoms with Gasteiger partial charge in [-0.05, 0) is 131 Å². The van der Waals surface area contributed by atoms with Crippen LogP contribution in [0.15, 0.2) is 170 Å². The van der Waals surface area contributed by atoms with Crippen molar-refractivity contribution in [2.24, 2.45) is 0 Å². The molecule has 6 aromatic rings. The van der Waals surface area contributed by atoms with E-state index in [2.05, 4.69) is 62.4 Å². The first-order valence-corrected chi connectivity index (χ1v) is 27.5. The molecule has 0 N–H and O–H groups in total. The lowest BCUT2D eigenvalue weighted by Gasteiger charge is -2.28. The van der Waals surface area contributed by atoms with Gasteiger partial charge in [-0.25, -0.2) is 0 Å². The highest BCUT2D eigenvalue weighted by molar-refractivity contribution is 8.00. The number of allylic oxidation sites excluding steroid dienone is 2. The Morgan fingerprint density at radius 3 is 0.961 bits per heavy atom. The van der Waals surface area contributed by atoms with E-state index in [4.69, 9.17) is 9.47 Å². The summed E-state index contributed by atoms with van der Waals surface area (Å²) in [4.78, 5) is 0. The number of ether oxygens (including phenoxy) is 2. The maximum atomic E-state index is 14.3. The summed E-state index contributed by atoms with van der Waals surface area (Å²) in [5.41, 5.74) is 11.0. The summed E-state index contributed by atoms with van der Waals surface area (Å²) in [5, 5.41) is -1.69. The van der Waals surface area contributed by atoms with E-state index in [0.717, 1.165) is 69.1 Å². The number of thioether (sulfide) groups is 1. The van der Waals surface area contributed by atoms with Gasteiger partial charge in [0.25, 0.3) is 0 Å². The lowest BCUT2D eigenvalue weighted by atomic mass is 9.88. The van der Waals surface area contributed by atoms with Crippen molar-refractivity contribution in [1.82, 2.24) is 0 Å². The molecule has 0 aliphatic rings. The topological polar surface area (TPSA) is 18.5 Å². The normalized spacial score (nSPS) is 13.9. The van der Waals surface area contributed by atoms with Crippen LogP contribution in [0.25, 0.3) is 22.3 Å². The van der Waals surface area contributed by atoms with Crippen LogP contribution in [0.1, 0.15) is 137 Å². The molecule has 0 fully saturated rings. The molecular weight excluding hydrogens is 1020 g/mol. The summed E-state index contributed by atoms with van der Waals surface area (Å²) in [6.45, 7) is 4.82. The first-order chi connectivity index (χ1) is 36.9. The number of alkyl halides is 10. The van der Waals surface area contributed by atoms with Crippen molar-refractivity contribution in [3.63, 3.8) is 0 Å². The zero-order valence-corrected chi connectivity index (χ0v) is 44.5. The van der Waals surface area contributed by atoms with Crippen LogP contribution >= 0.6 is 11.8 Å². The van der Waals surface area contributed by atoms with Gasteiger partial charge in [0, 0.05) is 23.3 Å². The van der Waals surface area contributed by atoms with Crippen molar-refractivity contribution in [2.45, 2.75) is 138 Å². The van der Waals surface area contributed by atoms with E-state index in [1.165, 1.54) is 11.1 Å². The van der Waals surface area contributed by atoms with Gasteiger partial charge in [-0.15, -0.1) is 0 Å². The number of unbranched alkanes of at least 4 members (excludes halogenated alkanes) is 4. The summed E-state index contributed by atoms with van der Waals surface area (Å²) in [5.74, 6) is -8.74. The number of halogens is 10. The first-order valence-electron chi connectivity index (χ1n) is 26.6. The highest BCUT2D eigenvalue weighted by atomic mass is 32.2. The van der Waals surface area contributed by atoms with Gasteiger partial charge < -0.3 is 9.47 Å². The van der Waals surface area contributed by atoms with Crippen molar-refractivity contribution in [1.29, 1.82) is 0 Å². The minimum atomic E-state index is -5.79. The van der Waals surface area contributed by atoms with Crippen LogP contribution in [0.2, 0.25) is 0 Å². The van der Waals surface area contributed by atoms with Crippen LogP contribution in [0, 0.1) is 0 Å². The summed E-state index contributed by atoms with van der Waals surface area (Å²) >= 11 is 0.950. The van der Waals surface area contributed by atoms with Gasteiger partial charge in [-0.1, -0.05) is 185 Å². The lowest BCUT2D eigenvalue weighted by molar-refractivity contribution is -0.284. The van der Waals surface area contributed by atoms with Crippen molar-refractivity contribution >= 4 is 34.1 Å². The van der Waals surface area contributed by atoms with Crippen molar-refractivity contribution in [3.05, 3.63) is 203 Å². The van der Waals surface area contributed by atoms with Crippen LogP contribution in [0.4, 0.5) is 43.9 Å². The Bertz CT molecular complexity index is 2520. The van der Waals surface area contributed by atoms with E-state index in [1.807, 2.05) is 121 Å². The van der Waals surface area contributed by atoms with Gasteiger partial charge in [0.05, 0.1) is 13.2 Å². The van der Waals surface area contributed by atoms with Crippen LogP contribution in [-0.4, -0.2) is 47.9 Å². The predicted octanol–water partition coefficient (Wildman–Crippen LogP) is 20.4. The van der Waals surface area contributed by atoms with E-state index in [9.17, 15) is 43.9 Å². The molecule has 77 heavy (non-hydrogen) atoms. The molecule has 0 saturated carbocycles. The molecule has 2 nitrogen and oxygen atoms in total. The zero-order valence-electron chi connectivity index (χ0n) is 43.6. The Kier molecular flexibility index (Phi) is 22.8. The zero-order chi connectivity index (χ0) is 55.3. The highest BCUT2D eigenvalue weighted by Crippen LogP contribution is 2.45. The van der Waals surface area contributed by atoms with Gasteiger partial charge in [-0.3, -0.25) is 0 Å². The molecule has 0 saturated heterocycles. The van der Waals surface area contributed by atoms with E-state index < -0.39 is 60.4 Å². The molecule has 0 amide bonds. The van der Waals surface area contributed by atoms with Crippen LogP contribution in [0.3, 0.4) is 0 Å². The predicted molar refractivity (Wildman–Crippen MR) is 295 cm³/mol. The molecule has 0 aliphatic heterocycles. The van der Waals surface area contributed by atoms with Crippen molar-refractivity contribution < 1.29 is 53.4 Å². The molecular formula is C64H68F10O2S. The fourth-order valence-electron chi connectivity index (χ4n) is 9.49. The van der Waals surface area contributed by atoms with Crippen LogP contribution in [0.5, 0.6) is 11.5 Å². The average molecular weight is 1090 g/mol. The van der Waals surface area contributed by atoms with Crippen molar-refractivity contribution in [2.75, 3.05) is 13.2 Å². The Morgan fingerprint density at radius 1 is 0.364 bits per heavy atom. The SMILES string of the molecule is CC/C(=C(/c1ccccc1)c1ccc(OCCCCCC(CCC(F)(F)C(F)(F)F)SC(CCCCCOc2ccc(/C(=C(\CC)c3ccccc3)c3ccccc3)cc2)CCC(F)(F)C(F)(F)F)cc1)c1ccccc1. The third kappa shape index (κ3) is 18.1. The van der Waals surface area contributed by atoms with E-state index >= 15 is 0 Å². The Morgan fingerprint density at radius 2 is 0.662 bits per heavy atom. The van der Waals surface area contributed by atoms with Crippen molar-refractivity contribution in [3.8, 4) is 11.5 Å². The second-order valence-corrected chi connectivity index (χ2v) is 20.8. The molecule has 0 bridgehead atoms. The summed E-state index contributed by atoms with van der Waals surface area (Å²) in [7, 11) is 0. The molecule has 6 rings (SSSR count). The van der Waals surface area contributed by atoms with Gasteiger partial charge in [0.1, 0.15) is 11.5 Å². The fourth-order valence-corrected chi connectivity index (χ4v) is 11.1. The molecule has 412 valence electrons. The van der Waals surface area contributed by atoms with Gasteiger partial charge in [0.15, 0.2) is 0 Å². The quantitative estimate of drug-likeness (QED) is 0.0254. The minimum Gasteiger partial charge on any atom is -0.494 e. The van der Waals surface area contributed by atoms with Gasteiger partial charge in [0.2, 0.25) is 0 Å². The number of benzene rings is 6. The molecule has 0 aliphatic carbocycles. The largest absolute Gasteiger partial charge is 0.494 e. The third-order valence-corrected chi connectivity index (χ3v) is 15.3. The van der Waals surface area contributed by atoms with Crippen LogP contribution in [-0.2, 0) is 0 Å². The molecule has 0 aromatic heterocycles. The second-order valence-electron chi connectivity index (χ2n) is 19.2. The monoisotopic (exact) mass is 1090 g/mol. The first kappa shape index (κ1) is 60.3. The number of hydrogen-bond acceptors (Lipinski definition) is 3. The molecule has 0 heterocycles. The minimum absolute atomic E-state index is 0.163. The molecule has 0 radical (unpaired) electrons. The number of rotatable bonds is 30. The third-order valence-electron chi connectivity index (χ3n) is 13.6. The van der Waals surface area contributed by atoms with E-state index in [1.54, 1.807) is 0 Å². The van der Waals surface area contributed by atoms with Crippen LogP contribution < -0.4 is 9.47 Å². The summed E-state index contributed by atoms with van der Waals surface area (Å²) in [6.07, 6.45) is -11.1. The van der Waals surface area contributed by atoms with Gasteiger partial charge in [-0.2, -0.15) is 55.7 Å². The smallest absolute Gasteiger partial charge is 0.453 e. The van der Waals surface area contributed by atoms with E-state index in [0.29, 0.717) is 63.2 Å². The fraction of sp³-hybridized carbons (Fsp3) is 0.375. The Hall–Kier alpha value is -5.95. The molecule has 2 atom stereocenters. The summed E-state index contributed by atoms with van der Waals surface area (Å²) in [6, 6.07) is 56.1. The Labute approximate surface area is 452 Å². The highest BCUT2D eigenvalue weighted by Gasteiger charge is 2.58. The Balaban J connectivity index is 1.05. The van der Waals surface area contributed by atoms with Gasteiger partial charge >= 0.3 is 24.2 Å². The molecule has 0 spiro atoms. The maximum Gasteiger partial charge on any atom is 0.453 e. The second kappa shape index (κ2) is 29.1. The lowest BCUT2D eigenvalue weighted by Crippen LogP contribution is -2.37. The molecule has 6 aromatic carbocycles. The average Bonchev–Trinajstić information content (AvgIpc) is 3.42. The maximum absolute atomic E-state index is 14.3. The standard InChI is InChI=1S/C64H68F10O2S/c1-3-57(47-23-11-5-12-24-47)59(49-27-15-7-16-28-49)51-33-37-53(38-34-51)75-45-21-9-19-31-55(41-43-61(65,66)63(69,70)71)77-56(42-44-62(67,68)64(72,73)74)32-20-10-22-46-76-54-39-35-52(36-40-54)60(50-29-17-8-18-30-50)58(4-2)48-25-13-6-14-26-48/h5-8,11-18,23-30,33-40,55-56H,3-4,9-10,19-22,31-32,41-46H2,1-2H3/b59-57+,60-58+.